The van der Waals surface area contributed by atoms with E-state index in [1.165, 1.54) is 0 Å². The monoisotopic (exact) mass is 422 g/mol. The Morgan fingerprint density at radius 3 is 2.00 bits per heavy atom. The van der Waals surface area contributed by atoms with Crippen molar-refractivity contribution in [2.24, 2.45) is 5.41 Å². The minimum absolute atomic E-state index is 0.0239. The van der Waals surface area contributed by atoms with E-state index in [4.69, 9.17) is 0 Å². The highest BCUT2D eigenvalue weighted by Gasteiger charge is 2.39. The molecule has 2 atom stereocenters. The number of hydrogen-bond donors (Lipinski definition) is 2. The maximum absolute atomic E-state index is 10.3. The van der Waals surface area contributed by atoms with Gasteiger partial charge in [0.2, 0.25) is 0 Å². The molecule has 10 heteroatoms. The van der Waals surface area contributed by atoms with Gasteiger partial charge in [0.15, 0.2) is 0 Å². The lowest BCUT2D eigenvalue weighted by molar-refractivity contribution is 0.0730. The molecule has 30 heavy (non-hydrogen) atoms. The van der Waals surface area contributed by atoms with E-state index < -0.39 is 0 Å². The van der Waals surface area contributed by atoms with Crippen LogP contribution in [-0.4, -0.2) is 62.8 Å². The first-order chi connectivity index (χ1) is 14.2. The number of aliphatic hydroxyl groups excluding tert-OH is 2. The molecular weight excluding hydrogens is 384 g/mol. The Labute approximate surface area is 179 Å². The minimum atomic E-state index is -0.369. The van der Waals surface area contributed by atoms with Gasteiger partial charge in [0.25, 0.3) is 0 Å². The molecular formula is C20H38N8O2. The van der Waals surface area contributed by atoms with Crippen molar-refractivity contribution >= 4 is 0 Å². The number of aromatic nitrogens is 8. The first-order valence-electron chi connectivity index (χ1n) is 11.0. The predicted octanol–water partition coefficient (Wildman–Crippen LogP) is 2.35. The van der Waals surface area contributed by atoms with Gasteiger partial charge in [-0.1, -0.05) is 33.1 Å². The lowest BCUT2D eigenvalue weighted by Crippen LogP contribution is -2.42. The number of unbranched alkanes of at least 4 members (excludes halogenated alkanes) is 2. The first-order valence-corrected chi connectivity index (χ1v) is 11.0. The van der Waals surface area contributed by atoms with E-state index >= 15 is 0 Å². The second kappa shape index (κ2) is 11.5. The van der Waals surface area contributed by atoms with Gasteiger partial charge in [0.05, 0.1) is 17.7 Å². The Kier molecular flexibility index (Phi) is 9.29. The molecule has 2 aromatic heterocycles. The molecule has 170 valence electrons. The third-order valence-electron chi connectivity index (χ3n) is 6.57. The Morgan fingerprint density at radius 2 is 1.40 bits per heavy atom. The minimum Gasteiger partial charge on any atom is -0.393 e. The van der Waals surface area contributed by atoms with Crippen molar-refractivity contribution in [3.05, 3.63) is 12.7 Å². The molecule has 2 aromatic rings. The molecule has 0 aromatic carbocycles. The van der Waals surface area contributed by atoms with Crippen LogP contribution < -0.4 is 0 Å². The fourth-order valence-corrected chi connectivity index (χ4v) is 3.60. The van der Waals surface area contributed by atoms with E-state index in [-0.39, 0.29) is 23.2 Å². The van der Waals surface area contributed by atoms with Gasteiger partial charge >= 0.3 is 0 Å². The van der Waals surface area contributed by atoms with E-state index in [0.29, 0.717) is 12.8 Å². The van der Waals surface area contributed by atoms with Crippen LogP contribution in [0.5, 0.6) is 0 Å². The molecule has 2 N–H and O–H groups in total. The lowest BCUT2D eigenvalue weighted by atomic mass is 9.71. The second-order valence-electron chi connectivity index (χ2n) is 9.40. The van der Waals surface area contributed by atoms with Crippen molar-refractivity contribution in [2.75, 3.05) is 0 Å². The van der Waals surface area contributed by atoms with Crippen LogP contribution in [0.2, 0.25) is 0 Å². The number of hydrogen-bond acceptors (Lipinski definition) is 8. The quantitative estimate of drug-likeness (QED) is 0.419. The van der Waals surface area contributed by atoms with Crippen LogP contribution in [0, 0.1) is 5.41 Å². The van der Waals surface area contributed by atoms with Gasteiger partial charge in [-0.05, 0) is 78.6 Å². The average molecular weight is 423 g/mol. The summed E-state index contributed by atoms with van der Waals surface area (Å²) in [5.74, 6) is 0. The van der Waals surface area contributed by atoms with Gasteiger partial charge in [-0.15, -0.1) is 10.2 Å². The molecule has 0 saturated heterocycles. The number of rotatable bonds is 15. The van der Waals surface area contributed by atoms with Gasteiger partial charge in [0.1, 0.15) is 12.7 Å². The zero-order chi connectivity index (χ0) is 22.0. The van der Waals surface area contributed by atoms with Crippen molar-refractivity contribution in [3.63, 3.8) is 0 Å². The molecule has 2 unspecified atom stereocenters. The van der Waals surface area contributed by atoms with Gasteiger partial charge < -0.3 is 10.2 Å². The smallest absolute Gasteiger partial charge is 0.138 e. The normalized spacial score (nSPS) is 14.7. The summed E-state index contributed by atoms with van der Waals surface area (Å²) in [5, 5.41) is 43.1. The summed E-state index contributed by atoms with van der Waals surface area (Å²) in [6.45, 7) is 9.51. The summed E-state index contributed by atoms with van der Waals surface area (Å²) >= 11 is 0. The van der Waals surface area contributed by atoms with Crippen molar-refractivity contribution in [3.8, 4) is 0 Å². The number of aliphatic hydroxyl groups is 2. The van der Waals surface area contributed by atoms with Crippen molar-refractivity contribution in [1.82, 2.24) is 40.4 Å². The fourth-order valence-electron chi connectivity index (χ4n) is 3.60. The summed E-state index contributed by atoms with van der Waals surface area (Å²) in [6, 6.07) is 0. The standard InChI is InChI=1S/C20H38N8O2/c1-19(2,20(3,4)28-16-22-24-26-28)13-8-10-18(30)12-11-17(29)9-6-5-7-14-27-15-21-23-25-27/h15-18,29-30H,5-14H2,1-4H3. The predicted molar refractivity (Wildman–Crippen MR) is 112 cm³/mol. The van der Waals surface area contributed by atoms with Crippen molar-refractivity contribution < 1.29 is 10.2 Å². The van der Waals surface area contributed by atoms with Gasteiger partial charge in [-0.3, -0.25) is 0 Å². The van der Waals surface area contributed by atoms with E-state index in [9.17, 15) is 10.2 Å². The summed E-state index contributed by atoms with van der Waals surface area (Å²) in [5.41, 5.74) is -0.244. The highest BCUT2D eigenvalue weighted by Crippen LogP contribution is 2.40. The molecule has 0 aliphatic carbocycles. The zero-order valence-electron chi connectivity index (χ0n) is 18.9. The first kappa shape index (κ1) is 24.3. The van der Waals surface area contributed by atoms with Crippen LogP contribution in [0.25, 0.3) is 0 Å². The Balaban J connectivity index is 1.56. The molecule has 0 aliphatic heterocycles. The lowest BCUT2D eigenvalue weighted by Gasteiger charge is -2.41. The van der Waals surface area contributed by atoms with E-state index in [1.54, 1.807) is 17.3 Å². The topological polar surface area (TPSA) is 128 Å². The summed E-state index contributed by atoms with van der Waals surface area (Å²) in [4.78, 5) is 0. The molecule has 0 amide bonds. The number of nitrogens with zero attached hydrogens (tertiary/aromatic N) is 8. The van der Waals surface area contributed by atoms with Crippen LogP contribution in [-0.2, 0) is 12.1 Å². The Hall–Kier alpha value is -1.94. The SMILES string of the molecule is CC(C)(CCCC(O)CCC(O)CCCCCn1cnnn1)C(C)(C)n1cnnn1. The molecule has 0 spiro atoms. The third kappa shape index (κ3) is 7.39. The van der Waals surface area contributed by atoms with E-state index in [0.717, 1.165) is 51.5 Å². The van der Waals surface area contributed by atoms with Gasteiger partial charge in [0, 0.05) is 6.54 Å². The van der Waals surface area contributed by atoms with Crippen LogP contribution in [0.3, 0.4) is 0 Å². The van der Waals surface area contributed by atoms with Gasteiger partial charge in [-0.25, -0.2) is 9.36 Å². The molecule has 0 bridgehead atoms. The van der Waals surface area contributed by atoms with E-state index in [1.807, 2.05) is 4.68 Å². The van der Waals surface area contributed by atoms with Crippen LogP contribution in [0.4, 0.5) is 0 Å². The molecule has 0 aliphatic rings. The molecule has 2 heterocycles. The summed E-state index contributed by atoms with van der Waals surface area (Å²) in [6.07, 6.45) is 10.2. The highest BCUT2D eigenvalue weighted by atomic mass is 16.3. The Morgan fingerprint density at radius 1 is 0.767 bits per heavy atom. The molecule has 2 rings (SSSR count). The fraction of sp³-hybridized carbons (Fsp3) is 0.900. The second-order valence-corrected chi connectivity index (χ2v) is 9.40. The number of aryl methyl sites for hydroxylation is 1. The van der Waals surface area contributed by atoms with Crippen molar-refractivity contribution in [1.29, 1.82) is 0 Å². The van der Waals surface area contributed by atoms with Crippen LogP contribution in [0.15, 0.2) is 12.7 Å². The van der Waals surface area contributed by atoms with Gasteiger partial charge in [-0.2, -0.15) is 0 Å². The highest BCUT2D eigenvalue weighted by molar-refractivity contribution is 4.90. The summed E-state index contributed by atoms with van der Waals surface area (Å²) < 4.78 is 3.53. The molecule has 0 radical (unpaired) electrons. The zero-order valence-corrected chi connectivity index (χ0v) is 18.9. The summed E-state index contributed by atoms with van der Waals surface area (Å²) in [7, 11) is 0. The molecule has 10 nitrogen and oxygen atoms in total. The largest absolute Gasteiger partial charge is 0.393 e. The number of tetrazole rings is 2. The molecule has 0 saturated carbocycles. The van der Waals surface area contributed by atoms with E-state index in [2.05, 4.69) is 58.7 Å². The average Bonchev–Trinajstić information content (AvgIpc) is 3.40. The Bertz CT molecular complexity index is 688. The van der Waals surface area contributed by atoms with Crippen LogP contribution in [0.1, 0.15) is 85.5 Å². The van der Waals surface area contributed by atoms with Crippen molar-refractivity contribution in [2.45, 2.75) is 110 Å². The maximum atomic E-state index is 10.3. The van der Waals surface area contributed by atoms with Crippen LogP contribution >= 0.6 is 0 Å². The maximum Gasteiger partial charge on any atom is 0.138 e. The molecule has 0 fully saturated rings. The third-order valence-corrected chi connectivity index (χ3v) is 6.57.